The maximum absolute atomic E-state index is 10.5. The van der Waals surface area contributed by atoms with E-state index < -0.39 is 0 Å². The molecule has 0 spiro atoms. The van der Waals surface area contributed by atoms with Crippen LogP contribution in [-0.2, 0) is 0 Å². The molecule has 0 radical (unpaired) electrons. The van der Waals surface area contributed by atoms with Crippen LogP contribution in [0.25, 0.3) is 10.8 Å². The van der Waals surface area contributed by atoms with Crippen molar-refractivity contribution < 1.29 is 5.11 Å². The number of fused-ring (bicyclic) bond motifs is 1. The summed E-state index contributed by atoms with van der Waals surface area (Å²) in [5.41, 5.74) is 0.976. The van der Waals surface area contributed by atoms with Crippen molar-refractivity contribution in [1.82, 2.24) is 5.32 Å². The molecule has 21 heavy (non-hydrogen) atoms. The third-order valence-electron chi connectivity index (χ3n) is 3.83. The normalized spacial score (nSPS) is 14.2. The molecule has 0 amide bonds. The molecule has 0 heterocycles. The van der Waals surface area contributed by atoms with Crippen LogP contribution in [0.2, 0.25) is 0 Å². The lowest BCUT2D eigenvalue weighted by Gasteiger charge is -2.21. The number of thioether (sulfide) groups is 1. The topological polar surface area (TPSA) is 32.3 Å². The van der Waals surface area contributed by atoms with Crippen LogP contribution in [0.15, 0.2) is 36.4 Å². The Morgan fingerprint density at radius 1 is 1.14 bits per heavy atom. The zero-order chi connectivity index (χ0) is 15.2. The summed E-state index contributed by atoms with van der Waals surface area (Å²) in [6.45, 7) is 6.52. The SMILES string of the molecule is CCSCCC(C)NC(C)c1ccc2ccccc2c1O. The number of benzene rings is 2. The molecule has 2 aromatic carbocycles. The maximum Gasteiger partial charge on any atom is 0.128 e. The van der Waals surface area contributed by atoms with E-state index in [4.69, 9.17) is 0 Å². The van der Waals surface area contributed by atoms with Crippen molar-refractivity contribution in [3.8, 4) is 5.75 Å². The first-order valence-corrected chi connectivity index (χ1v) is 8.83. The number of nitrogens with one attached hydrogen (secondary N) is 1. The summed E-state index contributed by atoms with van der Waals surface area (Å²) >= 11 is 1.97. The van der Waals surface area contributed by atoms with E-state index in [0.29, 0.717) is 11.8 Å². The highest BCUT2D eigenvalue weighted by molar-refractivity contribution is 7.99. The first-order chi connectivity index (χ1) is 10.1. The van der Waals surface area contributed by atoms with Crippen LogP contribution in [0.4, 0.5) is 0 Å². The molecule has 0 aliphatic carbocycles. The molecule has 0 aliphatic rings. The van der Waals surface area contributed by atoms with Gasteiger partial charge < -0.3 is 10.4 Å². The zero-order valence-corrected chi connectivity index (χ0v) is 13.9. The molecule has 0 aliphatic heterocycles. The monoisotopic (exact) mass is 303 g/mol. The Morgan fingerprint density at radius 2 is 1.90 bits per heavy atom. The lowest BCUT2D eigenvalue weighted by Crippen LogP contribution is -2.29. The van der Waals surface area contributed by atoms with Gasteiger partial charge in [0.05, 0.1) is 0 Å². The number of hydrogen-bond donors (Lipinski definition) is 2. The third kappa shape index (κ3) is 4.14. The summed E-state index contributed by atoms with van der Waals surface area (Å²) in [6.07, 6.45) is 1.15. The van der Waals surface area contributed by atoms with Gasteiger partial charge in [-0.3, -0.25) is 0 Å². The second-order valence-corrected chi connectivity index (χ2v) is 6.89. The molecule has 2 unspecified atom stereocenters. The Bertz CT molecular complexity index is 584. The van der Waals surface area contributed by atoms with Crippen LogP contribution >= 0.6 is 11.8 Å². The van der Waals surface area contributed by atoms with Gasteiger partial charge in [0.1, 0.15) is 5.75 Å². The molecule has 2 N–H and O–H groups in total. The first-order valence-electron chi connectivity index (χ1n) is 7.68. The quantitative estimate of drug-likeness (QED) is 0.725. The van der Waals surface area contributed by atoms with Gasteiger partial charge >= 0.3 is 0 Å². The summed E-state index contributed by atoms with van der Waals surface area (Å²) in [5, 5.41) is 16.1. The van der Waals surface area contributed by atoms with Crippen LogP contribution in [0.1, 0.15) is 38.8 Å². The summed E-state index contributed by atoms with van der Waals surface area (Å²) < 4.78 is 0. The van der Waals surface area contributed by atoms with E-state index in [2.05, 4.69) is 32.2 Å². The molecule has 2 nitrogen and oxygen atoms in total. The number of aromatic hydroxyl groups is 1. The molecule has 0 saturated carbocycles. The Hall–Kier alpha value is -1.19. The molecular weight excluding hydrogens is 278 g/mol. The van der Waals surface area contributed by atoms with Gasteiger partial charge in [-0.15, -0.1) is 0 Å². The van der Waals surface area contributed by atoms with Crippen LogP contribution < -0.4 is 5.32 Å². The molecule has 0 bridgehead atoms. The highest BCUT2D eigenvalue weighted by Gasteiger charge is 2.14. The largest absolute Gasteiger partial charge is 0.507 e. The average Bonchev–Trinajstić information content (AvgIpc) is 2.48. The van der Waals surface area contributed by atoms with E-state index in [1.807, 2.05) is 42.1 Å². The number of hydrogen-bond acceptors (Lipinski definition) is 3. The number of phenolic OH excluding ortho intramolecular Hbond substituents is 1. The minimum atomic E-state index is 0.149. The van der Waals surface area contributed by atoms with Crippen molar-refractivity contribution in [3.05, 3.63) is 42.0 Å². The van der Waals surface area contributed by atoms with Gasteiger partial charge in [-0.25, -0.2) is 0 Å². The average molecular weight is 303 g/mol. The minimum Gasteiger partial charge on any atom is -0.507 e. The van der Waals surface area contributed by atoms with Crippen molar-refractivity contribution in [2.75, 3.05) is 11.5 Å². The third-order valence-corrected chi connectivity index (χ3v) is 4.76. The Balaban J connectivity index is 2.08. The minimum absolute atomic E-state index is 0.149. The predicted molar refractivity (Wildman–Crippen MR) is 94.2 cm³/mol. The van der Waals surface area contributed by atoms with Crippen LogP contribution in [0.5, 0.6) is 5.75 Å². The van der Waals surface area contributed by atoms with Gasteiger partial charge in [-0.05, 0) is 37.2 Å². The first kappa shape index (κ1) is 16.2. The van der Waals surface area contributed by atoms with Gasteiger partial charge in [0.2, 0.25) is 0 Å². The molecule has 2 atom stereocenters. The van der Waals surface area contributed by atoms with Crippen LogP contribution in [-0.4, -0.2) is 22.7 Å². The van der Waals surface area contributed by atoms with Crippen LogP contribution in [0, 0.1) is 0 Å². The highest BCUT2D eigenvalue weighted by atomic mass is 32.2. The van der Waals surface area contributed by atoms with Crippen LogP contribution in [0.3, 0.4) is 0 Å². The second-order valence-electron chi connectivity index (χ2n) is 5.50. The maximum atomic E-state index is 10.5. The Kier molecular flexibility index (Phi) is 5.95. The fourth-order valence-electron chi connectivity index (χ4n) is 2.63. The Labute approximate surface area is 131 Å². The van der Waals surface area contributed by atoms with Crippen molar-refractivity contribution in [3.63, 3.8) is 0 Å². The van der Waals surface area contributed by atoms with E-state index in [-0.39, 0.29) is 6.04 Å². The predicted octanol–water partition coefficient (Wildman–Crippen LogP) is 4.73. The molecule has 2 aromatic rings. The van der Waals surface area contributed by atoms with E-state index in [1.54, 1.807) is 0 Å². The van der Waals surface area contributed by atoms with E-state index >= 15 is 0 Å². The second kappa shape index (κ2) is 7.71. The standard InChI is InChI=1S/C18H25NOS/c1-4-21-12-11-13(2)19-14(3)16-10-9-15-7-5-6-8-17(15)18(16)20/h5-10,13-14,19-20H,4,11-12H2,1-3H3. The molecule has 0 fully saturated rings. The zero-order valence-electron chi connectivity index (χ0n) is 13.1. The van der Waals surface area contributed by atoms with Crippen molar-refractivity contribution >= 4 is 22.5 Å². The van der Waals surface area contributed by atoms with Gasteiger partial charge in [0, 0.05) is 23.0 Å². The lowest BCUT2D eigenvalue weighted by molar-refractivity contribution is 0.435. The molecule has 3 heteroatoms. The van der Waals surface area contributed by atoms with Crippen molar-refractivity contribution in [2.24, 2.45) is 0 Å². The van der Waals surface area contributed by atoms with Gasteiger partial charge in [0.25, 0.3) is 0 Å². The molecule has 114 valence electrons. The fraction of sp³-hybridized carbons (Fsp3) is 0.444. The highest BCUT2D eigenvalue weighted by Crippen LogP contribution is 2.32. The van der Waals surface area contributed by atoms with Gasteiger partial charge in [0.15, 0.2) is 0 Å². The summed E-state index contributed by atoms with van der Waals surface area (Å²) in [7, 11) is 0. The van der Waals surface area contributed by atoms with E-state index in [9.17, 15) is 5.11 Å². The molecule has 0 aromatic heterocycles. The van der Waals surface area contributed by atoms with Gasteiger partial charge in [-0.2, -0.15) is 11.8 Å². The summed E-state index contributed by atoms with van der Waals surface area (Å²) in [5.74, 6) is 2.76. The summed E-state index contributed by atoms with van der Waals surface area (Å²) in [6, 6.07) is 12.7. The van der Waals surface area contributed by atoms with E-state index in [0.717, 1.165) is 22.8 Å². The van der Waals surface area contributed by atoms with E-state index in [1.165, 1.54) is 11.5 Å². The number of rotatable bonds is 7. The van der Waals surface area contributed by atoms with Crippen molar-refractivity contribution in [1.29, 1.82) is 0 Å². The lowest BCUT2D eigenvalue weighted by atomic mass is 10.0. The van der Waals surface area contributed by atoms with Crippen molar-refractivity contribution in [2.45, 2.75) is 39.3 Å². The molecule has 0 saturated heterocycles. The fourth-order valence-corrected chi connectivity index (χ4v) is 3.43. The Morgan fingerprint density at radius 3 is 2.67 bits per heavy atom. The molecular formula is C18H25NOS. The summed E-state index contributed by atoms with van der Waals surface area (Å²) in [4.78, 5) is 0. The molecule has 2 rings (SSSR count). The smallest absolute Gasteiger partial charge is 0.128 e. The van der Waals surface area contributed by atoms with Gasteiger partial charge in [-0.1, -0.05) is 43.3 Å². The number of phenols is 1.